The standard InChI is InChI=1S/C14H21FN2/c1-2-16-8-13-10-17(11-14(13)15)9-12-6-4-3-5-7-12/h3-7,13-14,16H,2,8-11H2,1H3/t13-,14+/m1/s1. The van der Waals surface area contributed by atoms with Crippen molar-refractivity contribution in [2.75, 3.05) is 26.2 Å². The second-order valence-electron chi connectivity index (χ2n) is 4.76. The summed E-state index contributed by atoms with van der Waals surface area (Å²) in [5, 5.41) is 3.24. The fraction of sp³-hybridized carbons (Fsp3) is 0.571. The summed E-state index contributed by atoms with van der Waals surface area (Å²) in [4.78, 5) is 2.21. The topological polar surface area (TPSA) is 15.3 Å². The number of alkyl halides is 1. The van der Waals surface area contributed by atoms with Gasteiger partial charge in [0.15, 0.2) is 0 Å². The molecule has 1 heterocycles. The lowest BCUT2D eigenvalue weighted by Crippen LogP contribution is -2.28. The van der Waals surface area contributed by atoms with Gasteiger partial charge in [-0.15, -0.1) is 0 Å². The van der Waals surface area contributed by atoms with Gasteiger partial charge in [-0.25, -0.2) is 4.39 Å². The van der Waals surface area contributed by atoms with Crippen LogP contribution in [0.25, 0.3) is 0 Å². The maximum atomic E-state index is 13.8. The minimum Gasteiger partial charge on any atom is -0.317 e. The SMILES string of the molecule is CCNC[C@@H]1CN(Cc2ccccc2)C[C@@H]1F. The predicted octanol–water partition coefficient (Wildman–Crippen LogP) is 2.07. The summed E-state index contributed by atoms with van der Waals surface area (Å²) in [6.45, 7) is 6.08. The molecule has 0 saturated carbocycles. The van der Waals surface area contributed by atoms with Crippen molar-refractivity contribution in [1.29, 1.82) is 0 Å². The van der Waals surface area contributed by atoms with Crippen LogP contribution in [0.3, 0.4) is 0 Å². The molecule has 1 aliphatic heterocycles. The monoisotopic (exact) mass is 236 g/mol. The van der Waals surface area contributed by atoms with E-state index in [1.165, 1.54) is 5.56 Å². The largest absolute Gasteiger partial charge is 0.317 e. The quantitative estimate of drug-likeness (QED) is 0.842. The molecule has 1 fully saturated rings. The molecule has 94 valence electrons. The number of nitrogens with one attached hydrogen (secondary N) is 1. The van der Waals surface area contributed by atoms with Gasteiger partial charge in [0.1, 0.15) is 6.17 Å². The zero-order valence-corrected chi connectivity index (χ0v) is 10.4. The first-order valence-electron chi connectivity index (χ1n) is 6.40. The highest BCUT2D eigenvalue weighted by Gasteiger charge is 2.31. The van der Waals surface area contributed by atoms with Crippen LogP contribution in [-0.2, 0) is 6.54 Å². The number of hydrogen-bond acceptors (Lipinski definition) is 2. The molecule has 0 spiro atoms. The number of halogens is 1. The summed E-state index contributed by atoms with van der Waals surface area (Å²) in [7, 11) is 0. The molecule has 2 rings (SSSR count). The Balaban J connectivity index is 1.84. The average molecular weight is 236 g/mol. The van der Waals surface area contributed by atoms with Gasteiger partial charge in [0.2, 0.25) is 0 Å². The average Bonchev–Trinajstić information content (AvgIpc) is 2.68. The van der Waals surface area contributed by atoms with E-state index < -0.39 is 6.17 Å². The Bertz CT molecular complexity index is 328. The van der Waals surface area contributed by atoms with Gasteiger partial charge in [0.25, 0.3) is 0 Å². The minimum absolute atomic E-state index is 0.152. The van der Waals surface area contributed by atoms with Crippen LogP contribution in [0.4, 0.5) is 4.39 Å². The Morgan fingerprint density at radius 1 is 1.29 bits per heavy atom. The summed E-state index contributed by atoms with van der Waals surface area (Å²) in [5.41, 5.74) is 1.27. The second kappa shape index (κ2) is 6.12. The first-order valence-corrected chi connectivity index (χ1v) is 6.40. The van der Waals surface area contributed by atoms with Gasteiger partial charge in [0.05, 0.1) is 0 Å². The highest BCUT2D eigenvalue weighted by molar-refractivity contribution is 5.14. The lowest BCUT2D eigenvalue weighted by atomic mass is 10.1. The highest BCUT2D eigenvalue weighted by Crippen LogP contribution is 2.21. The third-order valence-corrected chi connectivity index (χ3v) is 3.34. The summed E-state index contributed by atoms with van der Waals surface area (Å²) in [6.07, 6.45) is -0.683. The van der Waals surface area contributed by atoms with Gasteiger partial charge in [0, 0.05) is 32.1 Å². The fourth-order valence-corrected chi connectivity index (χ4v) is 2.41. The molecule has 3 heteroatoms. The first-order chi connectivity index (χ1) is 8.29. The lowest BCUT2D eigenvalue weighted by Gasteiger charge is -2.15. The maximum Gasteiger partial charge on any atom is 0.118 e. The molecule has 0 amide bonds. The molecule has 1 aliphatic rings. The molecule has 1 N–H and O–H groups in total. The van der Waals surface area contributed by atoms with Crippen LogP contribution >= 0.6 is 0 Å². The molecule has 1 saturated heterocycles. The van der Waals surface area contributed by atoms with Crippen molar-refractivity contribution in [3.8, 4) is 0 Å². The van der Waals surface area contributed by atoms with Crippen LogP contribution < -0.4 is 5.32 Å². The molecule has 1 aromatic carbocycles. The Labute approximate surface area is 103 Å². The lowest BCUT2D eigenvalue weighted by molar-refractivity contribution is 0.266. The molecule has 17 heavy (non-hydrogen) atoms. The van der Waals surface area contributed by atoms with Crippen LogP contribution in [0.2, 0.25) is 0 Å². The van der Waals surface area contributed by atoms with E-state index in [0.29, 0.717) is 6.54 Å². The van der Waals surface area contributed by atoms with Crippen LogP contribution in [0.1, 0.15) is 12.5 Å². The van der Waals surface area contributed by atoms with E-state index in [-0.39, 0.29) is 5.92 Å². The van der Waals surface area contributed by atoms with Gasteiger partial charge in [-0.1, -0.05) is 37.3 Å². The molecule has 0 aliphatic carbocycles. The third-order valence-electron chi connectivity index (χ3n) is 3.34. The van der Waals surface area contributed by atoms with E-state index in [9.17, 15) is 4.39 Å². The van der Waals surface area contributed by atoms with Crippen molar-refractivity contribution in [3.63, 3.8) is 0 Å². The predicted molar refractivity (Wildman–Crippen MR) is 68.6 cm³/mol. The summed E-state index contributed by atoms with van der Waals surface area (Å²) in [5.74, 6) is 0.152. The molecule has 1 aromatic rings. The van der Waals surface area contributed by atoms with E-state index in [0.717, 1.165) is 26.2 Å². The number of rotatable bonds is 5. The van der Waals surface area contributed by atoms with Crippen molar-refractivity contribution in [2.45, 2.75) is 19.6 Å². The minimum atomic E-state index is -0.683. The number of nitrogens with zero attached hydrogens (tertiary/aromatic N) is 1. The van der Waals surface area contributed by atoms with Crippen LogP contribution in [0, 0.1) is 5.92 Å². The molecular formula is C14H21FN2. The third kappa shape index (κ3) is 3.51. The van der Waals surface area contributed by atoms with Gasteiger partial charge >= 0.3 is 0 Å². The normalized spacial score (nSPS) is 25.3. The van der Waals surface area contributed by atoms with E-state index in [1.54, 1.807) is 0 Å². The van der Waals surface area contributed by atoms with Crippen LogP contribution in [0.15, 0.2) is 30.3 Å². The summed E-state index contributed by atoms with van der Waals surface area (Å²) < 4.78 is 13.8. The zero-order valence-electron chi connectivity index (χ0n) is 10.4. The highest BCUT2D eigenvalue weighted by atomic mass is 19.1. The Morgan fingerprint density at radius 2 is 2.06 bits per heavy atom. The number of hydrogen-bond donors (Lipinski definition) is 1. The molecule has 2 nitrogen and oxygen atoms in total. The van der Waals surface area contributed by atoms with E-state index in [2.05, 4.69) is 29.3 Å². The van der Waals surface area contributed by atoms with Crippen molar-refractivity contribution in [3.05, 3.63) is 35.9 Å². The second-order valence-corrected chi connectivity index (χ2v) is 4.76. The smallest absolute Gasteiger partial charge is 0.118 e. The molecule has 0 unspecified atom stereocenters. The van der Waals surface area contributed by atoms with E-state index in [4.69, 9.17) is 0 Å². The van der Waals surface area contributed by atoms with Crippen LogP contribution in [0.5, 0.6) is 0 Å². The van der Waals surface area contributed by atoms with Crippen molar-refractivity contribution >= 4 is 0 Å². The molecule has 0 aromatic heterocycles. The number of benzene rings is 1. The molecule has 0 radical (unpaired) electrons. The number of likely N-dealkylation sites (tertiary alicyclic amines) is 1. The van der Waals surface area contributed by atoms with Gasteiger partial charge in [-0.05, 0) is 12.1 Å². The van der Waals surface area contributed by atoms with E-state index in [1.807, 2.05) is 18.2 Å². The van der Waals surface area contributed by atoms with E-state index >= 15 is 0 Å². The molecular weight excluding hydrogens is 215 g/mol. The summed E-state index contributed by atoms with van der Waals surface area (Å²) in [6, 6.07) is 10.3. The van der Waals surface area contributed by atoms with Gasteiger partial charge in [-0.3, -0.25) is 4.90 Å². The molecule has 2 atom stereocenters. The van der Waals surface area contributed by atoms with Crippen molar-refractivity contribution in [1.82, 2.24) is 10.2 Å². The van der Waals surface area contributed by atoms with Crippen molar-refractivity contribution < 1.29 is 4.39 Å². The fourth-order valence-electron chi connectivity index (χ4n) is 2.41. The van der Waals surface area contributed by atoms with Gasteiger partial charge < -0.3 is 5.32 Å². The Kier molecular flexibility index (Phi) is 4.51. The molecule has 0 bridgehead atoms. The Morgan fingerprint density at radius 3 is 2.76 bits per heavy atom. The van der Waals surface area contributed by atoms with Crippen molar-refractivity contribution in [2.24, 2.45) is 5.92 Å². The van der Waals surface area contributed by atoms with Gasteiger partial charge in [-0.2, -0.15) is 0 Å². The Hall–Kier alpha value is -0.930. The maximum absolute atomic E-state index is 13.8. The van der Waals surface area contributed by atoms with Crippen LogP contribution in [-0.4, -0.2) is 37.3 Å². The zero-order chi connectivity index (χ0) is 12.1. The first kappa shape index (κ1) is 12.5. The summed E-state index contributed by atoms with van der Waals surface area (Å²) >= 11 is 0.